The van der Waals surface area contributed by atoms with Crippen LogP contribution in [0.1, 0.15) is 6.42 Å². The van der Waals surface area contributed by atoms with Crippen LogP contribution in [0.4, 0.5) is 11.4 Å². The van der Waals surface area contributed by atoms with Gasteiger partial charge in [-0.2, -0.15) is 0 Å². The first-order valence-electron chi connectivity index (χ1n) is 7.56. The summed E-state index contributed by atoms with van der Waals surface area (Å²) in [5.74, 6) is 0. The van der Waals surface area contributed by atoms with E-state index >= 15 is 0 Å². The third-order valence-corrected chi connectivity index (χ3v) is 7.89. The Hall–Kier alpha value is -0.666. The van der Waals surface area contributed by atoms with Gasteiger partial charge >= 0.3 is 137 Å². The molecule has 0 aliphatic rings. The van der Waals surface area contributed by atoms with E-state index < -0.39 is 23.9 Å². The maximum atomic E-state index is 9.89. The number of aliphatic hydroxyl groups excluding tert-OH is 1. The number of hydrogen-bond acceptors (Lipinski definition) is 7. The number of nitrogen functional groups attached to an aromatic ring is 1. The van der Waals surface area contributed by atoms with Gasteiger partial charge in [0.2, 0.25) is 0 Å². The molecule has 0 fully saturated rings. The summed E-state index contributed by atoms with van der Waals surface area (Å²) in [5, 5.41) is 13.0. The van der Waals surface area contributed by atoms with E-state index in [1.165, 1.54) is 0 Å². The molecule has 0 radical (unpaired) electrons. The van der Waals surface area contributed by atoms with Crippen molar-refractivity contribution < 1.29 is 37.6 Å². The van der Waals surface area contributed by atoms with E-state index in [1.807, 2.05) is 24.3 Å². The van der Waals surface area contributed by atoms with Gasteiger partial charge in [0.05, 0.1) is 0 Å². The summed E-state index contributed by atoms with van der Waals surface area (Å²) in [6.45, 7) is 1.22. The van der Waals surface area contributed by atoms with Gasteiger partial charge in [-0.25, -0.2) is 0 Å². The third kappa shape index (κ3) is 7.63. The SMILES string of the molecule is C[O][Ti]([CH2]CCOCC(O)CNc1ccc(N)cc1)([O]C)[O]C. The Balaban J connectivity index is 2.14. The van der Waals surface area contributed by atoms with Crippen LogP contribution in [0.15, 0.2) is 24.3 Å². The van der Waals surface area contributed by atoms with Crippen molar-refractivity contribution in [2.45, 2.75) is 17.3 Å². The Labute approximate surface area is 142 Å². The zero-order valence-corrected chi connectivity index (χ0v) is 15.6. The Morgan fingerprint density at radius 3 is 2.30 bits per heavy atom. The number of hydrogen-bond donors (Lipinski definition) is 3. The van der Waals surface area contributed by atoms with Gasteiger partial charge in [0.15, 0.2) is 0 Å². The fourth-order valence-electron chi connectivity index (χ4n) is 2.06. The van der Waals surface area contributed by atoms with Crippen molar-refractivity contribution in [2.75, 3.05) is 52.1 Å². The molecule has 1 rings (SSSR count). The van der Waals surface area contributed by atoms with Crippen molar-refractivity contribution in [2.24, 2.45) is 0 Å². The average Bonchev–Trinajstić information content (AvgIpc) is 2.58. The first-order valence-corrected chi connectivity index (χ1v) is 10.6. The molecule has 0 bridgehead atoms. The summed E-state index contributed by atoms with van der Waals surface area (Å²) in [5.41, 5.74) is 7.24. The molecule has 1 atom stereocenters. The summed E-state index contributed by atoms with van der Waals surface area (Å²) in [4.78, 5) is 0. The number of nitrogens with one attached hydrogen (secondary N) is 1. The molecule has 0 aliphatic carbocycles. The van der Waals surface area contributed by atoms with Crippen molar-refractivity contribution in [3.05, 3.63) is 24.3 Å². The van der Waals surface area contributed by atoms with Crippen LogP contribution in [0.25, 0.3) is 0 Å². The number of aliphatic hydroxyl groups is 1. The fourth-order valence-corrected chi connectivity index (χ4v) is 4.70. The van der Waals surface area contributed by atoms with Gasteiger partial charge in [-0.3, -0.25) is 0 Å². The second-order valence-electron chi connectivity index (χ2n) is 5.13. The molecule has 0 saturated heterocycles. The molecule has 0 heterocycles. The third-order valence-electron chi connectivity index (χ3n) is 3.47. The predicted octanol–water partition coefficient (Wildman–Crippen LogP) is 1.70. The molecular weight excluding hydrogens is 336 g/mol. The van der Waals surface area contributed by atoms with Gasteiger partial charge in [-0.1, -0.05) is 0 Å². The zero-order valence-electron chi connectivity index (χ0n) is 14.1. The van der Waals surface area contributed by atoms with Gasteiger partial charge in [0, 0.05) is 0 Å². The van der Waals surface area contributed by atoms with E-state index in [-0.39, 0.29) is 6.61 Å². The van der Waals surface area contributed by atoms with Crippen LogP contribution in [0, 0.1) is 0 Å². The quantitative estimate of drug-likeness (QED) is 0.295. The van der Waals surface area contributed by atoms with Crippen LogP contribution in [0.2, 0.25) is 4.73 Å². The maximum absolute atomic E-state index is 9.89. The molecule has 0 saturated carbocycles. The Morgan fingerprint density at radius 1 is 1.13 bits per heavy atom. The molecule has 8 heteroatoms. The second kappa shape index (κ2) is 11.0. The average molecular weight is 364 g/mol. The van der Waals surface area contributed by atoms with Crippen LogP contribution < -0.4 is 11.1 Å². The molecule has 1 unspecified atom stereocenters. The van der Waals surface area contributed by atoms with Crippen molar-refractivity contribution >= 4 is 11.4 Å². The standard InChI is InChI=1S/C12H19N2O2.3CH3O.Ti/c1-2-7-16-9-12(15)8-14-11-5-3-10(13)4-6-11;3*1-2;/h3-6,12,14-15H,1-2,7-9,13H2;3*1H3;/q;3*-1;+3. The number of ether oxygens (including phenoxy) is 1. The minimum atomic E-state index is -3.05. The van der Waals surface area contributed by atoms with E-state index in [4.69, 9.17) is 20.4 Å². The van der Waals surface area contributed by atoms with Gasteiger partial charge in [-0.15, -0.1) is 0 Å². The van der Waals surface area contributed by atoms with Crippen LogP contribution in [-0.2, 0) is 32.4 Å². The van der Waals surface area contributed by atoms with Gasteiger partial charge in [-0.05, 0) is 0 Å². The van der Waals surface area contributed by atoms with Crippen LogP contribution in [0.3, 0.4) is 0 Å². The number of anilines is 2. The molecule has 0 aromatic heterocycles. The van der Waals surface area contributed by atoms with E-state index in [1.54, 1.807) is 21.3 Å². The summed E-state index contributed by atoms with van der Waals surface area (Å²) >= 11 is -3.05. The molecule has 0 aliphatic heterocycles. The molecule has 4 N–H and O–H groups in total. The molecule has 0 spiro atoms. The number of benzene rings is 1. The van der Waals surface area contributed by atoms with E-state index in [0.29, 0.717) is 18.8 Å². The molecule has 0 amide bonds. The van der Waals surface area contributed by atoms with Crippen LogP contribution in [0.5, 0.6) is 0 Å². The second-order valence-corrected chi connectivity index (χ2v) is 9.96. The van der Waals surface area contributed by atoms with E-state index in [9.17, 15) is 5.11 Å². The first-order chi connectivity index (χ1) is 11.0. The minimum absolute atomic E-state index is 0.273. The number of nitrogens with two attached hydrogens (primary N) is 1. The summed E-state index contributed by atoms with van der Waals surface area (Å²) < 4.78 is 22.3. The van der Waals surface area contributed by atoms with Crippen LogP contribution >= 0.6 is 0 Å². The molecule has 1 aromatic carbocycles. The summed E-state index contributed by atoms with van der Waals surface area (Å²) in [6, 6.07) is 7.36. The monoisotopic (exact) mass is 364 g/mol. The van der Waals surface area contributed by atoms with Crippen molar-refractivity contribution in [1.29, 1.82) is 0 Å². The zero-order chi connectivity index (χ0) is 17.1. The van der Waals surface area contributed by atoms with E-state index in [2.05, 4.69) is 5.32 Å². The first kappa shape index (κ1) is 20.4. The predicted molar refractivity (Wildman–Crippen MR) is 86.6 cm³/mol. The van der Waals surface area contributed by atoms with Gasteiger partial charge in [0.1, 0.15) is 0 Å². The molecular formula is C15H28N2O5Ti. The fraction of sp³-hybridized carbons (Fsp3) is 0.600. The normalized spacial score (nSPS) is 13.0. The topological polar surface area (TPSA) is 95.2 Å². The molecule has 23 heavy (non-hydrogen) atoms. The molecule has 132 valence electrons. The Kier molecular flexibility index (Phi) is 9.74. The van der Waals surface area contributed by atoms with Crippen molar-refractivity contribution in [1.82, 2.24) is 0 Å². The Morgan fingerprint density at radius 2 is 1.74 bits per heavy atom. The Bertz CT molecular complexity index is 420. The van der Waals surface area contributed by atoms with Crippen LogP contribution in [-0.4, -0.2) is 52.3 Å². The van der Waals surface area contributed by atoms with Crippen molar-refractivity contribution in [3.63, 3.8) is 0 Å². The number of rotatable bonds is 12. The van der Waals surface area contributed by atoms with Gasteiger partial charge in [0.25, 0.3) is 0 Å². The van der Waals surface area contributed by atoms with Gasteiger partial charge < -0.3 is 5.73 Å². The molecule has 7 nitrogen and oxygen atoms in total. The van der Waals surface area contributed by atoms with Crippen molar-refractivity contribution in [3.8, 4) is 0 Å². The van der Waals surface area contributed by atoms with E-state index in [0.717, 1.165) is 16.8 Å². The summed E-state index contributed by atoms with van der Waals surface area (Å²) in [6.07, 6.45) is 0.194. The molecule has 1 aromatic rings. The summed E-state index contributed by atoms with van der Waals surface area (Å²) in [7, 11) is 4.83.